The second kappa shape index (κ2) is 3.97. The van der Waals surface area contributed by atoms with Crippen LogP contribution >= 0.6 is 0 Å². The Kier molecular flexibility index (Phi) is 2.80. The monoisotopic (exact) mass is 266 g/mol. The van der Waals surface area contributed by atoms with Crippen LogP contribution in [0.2, 0.25) is 0 Å². The molecule has 2 N–H and O–H groups in total. The minimum atomic E-state index is -1.11. The normalized spacial score (nSPS) is 44.1. The van der Waals surface area contributed by atoms with Gasteiger partial charge in [-0.25, -0.2) is 0 Å². The number of rotatable bonds is 3. The molecule has 3 heteroatoms. The van der Waals surface area contributed by atoms with Crippen LogP contribution in [0.4, 0.5) is 0 Å². The van der Waals surface area contributed by atoms with E-state index in [1.165, 1.54) is 32.1 Å². The summed E-state index contributed by atoms with van der Waals surface area (Å²) in [6.07, 6.45) is 6.23. The third kappa shape index (κ3) is 1.77. The highest BCUT2D eigenvalue weighted by atomic mass is 16.4. The molecule has 0 spiro atoms. The Balaban J connectivity index is 1.91. The number of carbonyl (C=O) groups is 1. The van der Waals surface area contributed by atoms with Crippen molar-refractivity contribution in [1.29, 1.82) is 0 Å². The molecule has 0 aromatic heterocycles. The van der Waals surface area contributed by atoms with E-state index in [0.717, 1.165) is 11.8 Å². The van der Waals surface area contributed by atoms with Gasteiger partial charge in [-0.3, -0.25) is 4.79 Å². The van der Waals surface area contributed by atoms with E-state index < -0.39 is 17.0 Å². The van der Waals surface area contributed by atoms with Crippen molar-refractivity contribution in [2.45, 2.75) is 58.5 Å². The number of hydrogen-bond donors (Lipinski definition) is 2. The molecular formula is C16H26O3. The topological polar surface area (TPSA) is 57.5 Å². The fourth-order valence-electron chi connectivity index (χ4n) is 5.48. The zero-order chi connectivity index (χ0) is 14.0. The fraction of sp³-hybridized carbons (Fsp3) is 0.938. The Labute approximate surface area is 115 Å². The van der Waals surface area contributed by atoms with Crippen LogP contribution in [0, 0.1) is 35.0 Å². The van der Waals surface area contributed by atoms with Crippen LogP contribution in [0.1, 0.15) is 52.9 Å². The zero-order valence-electron chi connectivity index (χ0n) is 12.2. The molecule has 19 heavy (non-hydrogen) atoms. The van der Waals surface area contributed by atoms with Gasteiger partial charge in [-0.2, -0.15) is 0 Å². The van der Waals surface area contributed by atoms with Gasteiger partial charge in [0.1, 0.15) is 0 Å². The van der Waals surface area contributed by atoms with Crippen molar-refractivity contribution < 1.29 is 15.0 Å². The molecule has 0 aliphatic heterocycles. The number of aliphatic hydroxyl groups is 1. The van der Waals surface area contributed by atoms with Gasteiger partial charge in [0.2, 0.25) is 0 Å². The Hall–Kier alpha value is -0.570. The van der Waals surface area contributed by atoms with Gasteiger partial charge in [0, 0.05) is 0 Å². The van der Waals surface area contributed by atoms with Gasteiger partial charge in [-0.1, -0.05) is 0 Å². The smallest absolute Gasteiger partial charge is 0.312 e. The van der Waals surface area contributed by atoms with Crippen molar-refractivity contribution in [3.8, 4) is 0 Å². The summed E-state index contributed by atoms with van der Waals surface area (Å²) in [6, 6.07) is 0. The number of aliphatic carboxylic acids is 1. The highest BCUT2D eigenvalue weighted by molar-refractivity contribution is 5.75. The van der Waals surface area contributed by atoms with E-state index in [1.807, 2.05) is 0 Å². The van der Waals surface area contributed by atoms with Gasteiger partial charge in [0.05, 0.1) is 11.0 Å². The van der Waals surface area contributed by atoms with Gasteiger partial charge in [0.15, 0.2) is 0 Å². The van der Waals surface area contributed by atoms with Gasteiger partial charge < -0.3 is 10.2 Å². The Bertz CT molecular complexity index is 369. The van der Waals surface area contributed by atoms with Crippen molar-refractivity contribution in [1.82, 2.24) is 0 Å². The average molecular weight is 266 g/mol. The van der Waals surface area contributed by atoms with Crippen LogP contribution in [0.15, 0.2) is 0 Å². The molecule has 4 aliphatic carbocycles. The van der Waals surface area contributed by atoms with E-state index in [9.17, 15) is 15.0 Å². The molecular weight excluding hydrogens is 240 g/mol. The minimum absolute atomic E-state index is 0.173. The molecule has 0 aromatic carbocycles. The molecule has 3 nitrogen and oxygen atoms in total. The molecule has 1 unspecified atom stereocenters. The second-order valence-corrected chi connectivity index (χ2v) is 8.03. The molecule has 0 amide bonds. The third-order valence-electron chi connectivity index (χ3n) is 6.68. The highest BCUT2D eigenvalue weighted by Crippen LogP contribution is 2.61. The molecule has 4 rings (SSSR count). The van der Waals surface area contributed by atoms with E-state index in [0.29, 0.717) is 11.8 Å². The molecule has 108 valence electrons. The molecule has 4 fully saturated rings. The van der Waals surface area contributed by atoms with Crippen LogP contribution in [0.3, 0.4) is 0 Å². The maximum absolute atomic E-state index is 11.5. The molecule has 0 saturated heterocycles. The predicted octanol–water partition coefficient (Wildman–Crippen LogP) is 2.92. The summed E-state index contributed by atoms with van der Waals surface area (Å²) in [4.78, 5) is 11.5. The van der Waals surface area contributed by atoms with Gasteiger partial charge >= 0.3 is 5.97 Å². The quantitative estimate of drug-likeness (QED) is 0.825. The largest absolute Gasteiger partial charge is 0.481 e. The first-order chi connectivity index (χ1) is 8.73. The van der Waals surface area contributed by atoms with E-state index in [-0.39, 0.29) is 5.92 Å². The molecule has 1 atom stereocenters. The highest BCUT2D eigenvalue weighted by Gasteiger charge is 2.59. The van der Waals surface area contributed by atoms with E-state index in [1.54, 1.807) is 20.8 Å². The lowest BCUT2D eigenvalue weighted by molar-refractivity contribution is -0.197. The summed E-state index contributed by atoms with van der Waals surface area (Å²) < 4.78 is 0. The van der Waals surface area contributed by atoms with Crippen LogP contribution in [0.5, 0.6) is 0 Å². The minimum Gasteiger partial charge on any atom is -0.481 e. The first kappa shape index (κ1) is 13.4. The van der Waals surface area contributed by atoms with Crippen LogP contribution in [0.25, 0.3) is 0 Å². The summed E-state index contributed by atoms with van der Waals surface area (Å²) >= 11 is 0. The summed E-state index contributed by atoms with van der Waals surface area (Å²) in [5.41, 5.74) is -2.19. The van der Waals surface area contributed by atoms with E-state index >= 15 is 0 Å². The molecule has 4 bridgehead atoms. The molecule has 4 saturated carbocycles. The molecule has 0 heterocycles. The fourth-order valence-corrected chi connectivity index (χ4v) is 5.48. The maximum atomic E-state index is 11.5. The lowest BCUT2D eigenvalue weighted by atomic mass is 9.46. The maximum Gasteiger partial charge on any atom is 0.312 e. The van der Waals surface area contributed by atoms with Gasteiger partial charge in [0.25, 0.3) is 0 Å². The van der Waals surface area contributed by atoms with E-state index in [2.05, 4.69) is 0 Å². The Morgan fingerprint density at radius 2 is 1.37 bits per heavy atom. The SMILES string of the molecule is CC(C)(C(=O)O)C(C)(O)C1C2CC3CC(C2)CC1C3. The lowest BCUT2D eigenvalue weighted by Gasteiger charge is -2.60. The van der Waals surface area contributed by atoms with Gasteiger partial charge in [-0.05, 0) is 82.5 Å². The van der Waals surface area contributed by atoms with Crippen molar-refractivity contribution in [2.75, 3.05) is 0 Å². The summed E-state index contributed by atoms with van der Waals surface area (Å²) in [6.45, 7) is 5.13. The lowest BCUT2D eigenvalue weighted by Crippen LogP contribution is -2.61. The van der Waals surface area contributed by atoms with Crippen molar-refractivity contribution in [3.63, 3.8) is 0 Å². The number of carboxylic acid groups (broad SMARTS) is 1. The van der Waals surface area contributed by atoms with Crippen molar-refractivity contribution in [3.05, 3.63) is 0 Å². The molecule has 0 radical (unpaired) electrons. The Morgan fingerprint density at radius 3 is 1.74 bits per heavy atom. The van der Waals surface area contributed by atoms with Crippen LogP contribution in [-0.4, -0.2) is 21.8 Å². The predicted molar refractivity (Wildman–Crippen MR) is 72.6 cm³/mol. The number of hydrogen-bond acceptors (Lipinski definition) is 2. The molecule has 4 aliphatic rings. The standard InChI is InChI=1S/C16H26O3/c1-15(2,14(17)18)16(3,19)13-11-5-9-4-10(7-11)8-12(13)6-9/h9-13,19H,4-8H2,1-3H3,(H,17,18). The Morgan fingerprint density at radius 1 is 0.947 bits per heavy atom. The summed E-state index contributed by atoms with van der Waals surface area (Å²) in [5.74, 6) is 2.08. The second-order valence-electron chi connectivity index (χ2n) is 8.03. The average Bonchev–Trinajstić information content (AvgIpc) is 2.26. The number of carboxylic acids is 1. The summed E-state index contributed by atoms with van der Waals surface area (Å²) in [7, 11) is 0. The van der Waals surface area contributed by atoms with E-state index in [4.69, 9.17) is 0 Å². The van der Waals surface area contributed by atoms with Crippen LogP contribution in [-0.2, 0) is 4.79 Å². The zero-order valence-corrected chi connectivity index (χ0v) is 12.2. The van der Waals surface area contributed by atoms with Crippen molar-refractivity contribution >= 4 is 5.97 Å². The van der Waals surface area contributed by atoms with Crippen molar-refractivity contribution in [2.24, 2.45) is 35.0 Å². The molecule has 0 aromatic rings. The van der Waals surface area contributed by atoms with Crippen LogP contribution < -0.4 is 0 Å². The summed E-state index contributed by atoms with van der Waals surface area (Å²) in [5, 5.41) is 20.5. The van der Waals surface area contributed by atoms with Gasteiger partial charge in [-0.15, -0.1) is 0 Å². The third-order valence-corrected chi connectivity index (χ3v) is 6.68. The first-order valence-corrected chi connectivity index (χ1v) is 7.69. The first-order valence-electron chi connectivity index (χ1n) is 7.69.